The Balaban J connectivity index is 1.93. The van der Waals surface area contributed by atoms with E-state index in [1.54, 1.807) is 23.1 Å². The van der Waals surface area contributed by atoms with Crippen LogP contribution in [0.25, 0.3) is 6.08 Å². The fraction of sp³-hybridized carbons (Fsp3) is 0.333. The number of nitrogens with zero attached hydrogens (tertiary/aromatic N) is 1. The molecule has 1 aliphatic heterocycles. The van der Waals surface area contributed by atoms with E-state index in [1.165, 1.54) is 6.08 Å². The summed E-state index contributed by atoms with van der Waals surface area (Å²) in [7, 11) is 0. The fourth-order valence-electron chi connectivity index (χ4n) is 2.19. The van der Waals surface area contributed by atoms with E-state index in [0.29, 0.717) is 18.1 Å². The summed E-state index contributed by atoms with van der Waals surface area (Å²) in [6.07, 6.45) is 3.51. The molecule has 3 N–H and O–H groups in total. The van der Waals surface area contributed by atoms with Crippen LogP contribution in [-0.2, 0) is 9.59 Å². The predicted octanol–water partition coefficient (Wildman–Crippen LogP) is 1.19. The van der Waals surface area contributed by atoms with Gasteiger partial charge in [0.1, 0.15) is 5.60 Å². The molecule has 1 fully saturated rings. The van der Waals surface area contributed by atoms with E-state index >= 15 is 0 Å². The molecule has 0 aliphatic carbocycles. The van der Waals surface area contributed by atoms with E-state index in [9.17, 15) is 14.7 Å². The largest absolute Gasteiger partial charge is 0.380 e. The molecule has 1 saturated heterocycles. The summed E-state index contributed by atoms with van der Waals surface area (Å²) in [6, 6.07) is 7.13. The van der Waals surface area contributed by atoms with Crippen LogP contribution < -0.4 is 5.73 Å². The Morgan fingerprint density at radius 3 is 2.33 bits per heavy atom. The van der Waals surface area contributed by atoms with Crippen molar-refractivity contribution in [1.82, 2.24) is 4.90 Å². The fourth-order valence-corrected chi connectivity index (χ4v) is 2.32. The summed E-state index contributed by atoms with van der Waals surface area (Å²) in [5.41, 5.74) is 4.54. The minimum Gasteiger partial charge on any atom is -0.380 e. The first-order chi connectivity index (χ1) is 9.90. The van der Waals surface area contributed by atoms with Crippen molar-refractivity contribution in [2.75, 3.05) is 13.1 Å². The van der Waals surface area contributed by atoms with Crippen molar-refractivity contribution >= 4 is 29.5 Å². The standard InChI is InChI=1S/C15H17ClN2O3/c16-12-4-1-11(2-5-12)3-6-13(19)18-9-7-15(21,8-10-18)14(17)20/h1-6,21H,7-10H2,(H2,17,20). The average Bonchev–Trinajstić information content (AvgIpc) is 2.47. The number of benzene rings is 1. The van der Waals surface area contributed by atoms with Crippen molar-refractivity contribution in [3.05, 3.63) is 40.9 Å². The predicted molar refractivity (Wildman–Crippen MR) is 80.4 cm³/mol. The van der Waals surface area contributed by atoms with E-state index in [1.807, 2.05) is 12.1 Å². The van der Waals surface area contributed by atoms with Crippen LogP contribution in [0.1, 0.15) is 18.4 Å². The molecule has 2 rings (SSSR count). The molecule has 0 spiro atoms. The second-order valence-corrected chi connectivity index (χ2v) is 5.54. The van der Waals surface area contributed by atoms with E-state index in [0.717, 1.165) is 5.56 Å². The molecule has 21 heavy (non-hydrogen) atoms. The van der Waals surface area contributed by atoms with Gasteiger partial charge in [0, 0.05) is 37.0 Å². The third kappa shape index (κ3) is 3.83. The summed E-state index contributed by atoms with van der Waals surface area (Å²) in [5.74, 6) is -0.886. The third-order valence-corrected chi connectivity index (χ3v) is 3.90. The molecule has 0 aromatic heterocycles. The maximum absolute atomic E-state index is 12.0. The molecule has 6 heteroatoms. The van der Waals surface area contributed by atoms with E-state index in [-0.39, 0.29) is 18.7 Å². The molecule has 0 atom stereocenters. The van der Waals surface area contributed by atoms with Crippen molar-refractivity contribution in [3.63, 3.8) is 0 Å². The summed E-state index contributed by atoms with van der Waals surface area (Å²) in [5, 5.41) is 10.6. The molecule has 112 valence electrons. The molecule has 0 bridgehead atoms. The van der Waals surface area contributed by atoms with Gasteiger partial charge in [0.15, 0.2) is 0 Å². The van der Waals surface area contributed by atoms with Gasteiger partial charge in [-0.3, -0.25) is 9.59 Å². The second kappa shape index (κ2) is 6.28. The molecule has 1 aromatic rings. The van der Waals surface area contributed by atoms with E-state index in [2.05, 4.69) is 0 Å². The zero-order valence-electron chi connectivity index (χ0n) is 11.5. The van der Waals surface area contributed by atoms with Crippen LogP contribution in [0, 0.1) is 0 Å². The number of hydrogen-bond acceptors (Lipinski definition) is 3. The molecule has 0 radical (unpaired) electrons. The Bertz CT molecular complexity index is 561. The number of carbonyl (C=O) groups excluding carboxylic acids is 2. The van der Waals surface area contributed by atoms with E-state index in [4.69, 9.17) is 17.3 Å². The smallest absolute Gasteiger partial charge is 0.249 e. The zero-order valence-corrected chi connectivity index (χ0v) is 12.2. The van der Waals surface area contributed by atoms with Crippen LogP contribution >= 0.6 is 11.6 Å². The number of hydrogen-bond donors (Lipinski definition) is 2. The number of likely N-dealkylation sites (tertiary alicyclic amines) is 1. The van der Waals surface area contributed by atoms with Gasteiger partial charge in [-0.15, -0.1) is 0 Å². The minimum absolute atomic E-state index is 0.156. The Morgan fingerprint density at radius 2 is 1.81 bits per heavy atom. The van der Waals surface area contributed by atoms with Gasteiger partial charge in [-0.2, -0.15) is 0 Å². The first-order valence-corrected chi connectivity index (χ1v) is 7.03. The molecular formula is C15H17ClN2O3. The number of primary amides is 1. The van der Waals surface area contributed by atoms with Crippen LogP contribution in [0.2, 0.25) is 5.02 Å². The molecule has 2 amide bonds. The van der Waals surface area contributed by atoms with E-state index < -0.39 is 11.5 Å². The lowest BCUT2D eigenvalue weighted by molar-refractivity contribution is -0.145. The number of carbonyl (C=O) groups is 2. The monoisotopic (exact) mass is 308 g/mol. The highest BCUT2D eigenvalue weighted by atomic mass is 35.5. The van der Waals surface area contributed by atoms with Crippen molar-refractivity contribution < 1.29 is 14.7 Å². The molecular weight excluding hydrogens is 292 g/mol. The first kappa shape index (κ1) is 15.5. The minimum atomic E-state index is -1.49. The summed E-state index contributed by atoms with van der Waals surface area (Å²) in [4.78, 5) is 24.8. The van der Waals surface area contributed by atoms with Gasteiger partial charge in [-0.25, -0.2) is 0 Å². The van der Waals surface area contributed by atoms with Gasteiger partial charge in [-0.1, -0.05) is 23.7 Å². The van der Waals surface area contributed by atoms with Gasteiger partial charge in [0.25, 0.3) is 0 Å². The quantitative estimate of drug-likeness (QED) is 0.823. The summed E-state index contributed by atoms with van der Waals surface area (Å²) >= 11 is 5.79. The van der Waals surface area contributed by atoms with Crippen molar-refractivity contribution in [1.29, 1.82) is 0 Å². The topological polar surface area (TPSA) is 83.6 Å². The van der Waals surface area contributed by atoms with Crippen LogP contribution in [0.15, 0.2) is 30.3 Å². The maximum Gasteiger partial charge on any atom is 0.249 e. The van der Waals surface area contributed by atoms with Crippen LogP contribution in [-0.4, -0.2) is 40.5 Å². The first-order valence-electron chi connectivity index (χ1n) is 6.65. The Kier molecular flexibility index (Phi) is 4.65. The van der Waals surface area contributed by atoms with Crippen LogP contribution in [0.5, 0.6) is 0 Å². The van der Waals surface area contributed by atoms with Gasteiger partial charge < -0.3 is 15.7 Å². The lowest BCUT2D eigenvalue weighted by Gasteiger charge is -2.35. The summed E-state index contributed by atoms with van der Waals surface area (Å²) < 4.78 is 0. The molecule has 5 nitrogen and oxygen atoms in total. The Morgan fingerprint density at radius 1 is 1.24 bits per heavy atom. The number of aliphatic hydroxyl groups is 1. The van der Waals surface area contributed by atoms with Crippen molar-refractivity contribution in [3.8, 4) is 0 Å². The lowest BCUT2D eigenvalue weighted by atomic mass is 9.91. The lowest BCUT2D eigenvalue weighted by Crippen LogP contribution is -2.53. The SMILES string of the molecule is NC(=O)C1(O)CCN(C(=O)C=Cc2ccc(Cl)cc2)CC1. The molecule has 0 unspecified atom stereocenters. The molecule has 0 saturated carbocycles. The highest BCUT2D eigenvalue weighted by molar-refractivity contribution is 6.30. The van der Waals surface area contributed by atoms with Gasteiger partial charge in [0.2, 0.25) is 11.8 Å². The number of halogens is 1. The number of piperidine rings is 1. The van der Waals surface area contributed by atoms with Gasteiger partial charge >= 0.3 is 0 Å². The Hall–Kier alpha value is -1.85. The third-order valence-electron chi connectivity index (χ3n) is 3.65. The van der Waals surface area contributed by atoms with Crippen LogP contribution in [0.3, 0.4) is 0 Å². The molecule has 1 heterocycles. The number of rotatable bonds is 3. The normalized spacial score (nSPS) is 17.9. The average molecular weight is 309 g/mol. The molecule has 1 aliphatic rings. The molecule has 1 aromatic carbocycles. The number of nitrogens with two attached hydrogens (primary N) is 1. The van der Waals surface area contributed by atoms with Gasteiger partial charge in [-0.05, 0) is 23.8 Å². The van der Waals surface area contributed by atoms with Gasteiger partial charge in [0.05, 0.1) is 0 Å². The maximum atomic E-state index is 12.0. The van der Waals surface area contributed by atoms with Crippen molar-refractivity contribution in [2.45, 2.75) is 18.4 Å². The highest BCUT2D eigenvalue weighted by Gasteiger charge is 2.38. The zero-order chi connectivity index (χ0) is 15.5. The summed E-state index contributed by atoms with van der Waals surface area (Å²) in [6.45, 7) is 0.618. The number of amides is 2. The van der Waals surface area contributed by atoms with Crippen LogP contribution in [0.4, 0.5) is 0 Å². The highest BCUT2D eigenvalue weighted by Crippen LogP contribution is 2.22. The Labute approximate surface area is 128 Å². The second-order valence-electron chi connectivity index (χ2n) is 5.11. The van der Waals surface area contributed by atoms with Crippen molar-refractivity contribution in [2.24, 2.45) is 5.73 Å².